The zero-order valence-electron chi connectivity index (χ0n) is 7.72. The van der Waals surface area contributed by atoms with E-state index in [9.17, 15) is 13.2 Å². The van der Waals surface area contributed by atoms with Gasteiger partial charge in [-0.15, -0.1) is 0 Å². The van der Waals surface area contributed by atoms with Gasteiger partial charge < -0.3 is 10.0 Å². The van der Waals surface area contributed by atoms with E-state index in [1.54, 1.807) is 4.90 Å². The van der Waals surface area contributed by atoms with Gasteiger partial charge >= 0.3 is 5.97 Å². The number of carbonyl (C=O) groups is 1. The van der Waals surface area contributed by atoms with Crippen LogP contribution in [-0.2, 0) is 14.6 Å². The summed E-state index contributed by atoms with van der Waals surface area (Å²) in [5.41, 5.74) is 0. The van der Waals surface area contributed by atoms with Crippen LogP contribution in [0.15, 0.2) is 12.3 Å². The minimum absolute atomic E-state index is 0.108. The minimum Gasteiger partial charge on any atom is -0.478 e. The average molecular weight is 219 g/mol. The van der Waals surface area contributed by atoms with E-state index in [0.29, 0.717) is 19.5 Å². The van der Waals surface area contributed by atoms with E-state index in [1.165, 1.54) is 6.20 Å². The first-order chi connectivity index (χ1) is 6.49. The molecule has 0 aliphatic carbocycles. The fourth-order valence-corrected chi connectivity index (χ4v) is 2.56. The molecule has 0 spiro atoms. The van der Waals surface area contributed by atoms with E-state index in [-0.39, 0.29) is 11.5 Å². The van der Waals surface area contributed by atoms with Crippen LogP contribution in [0.5, 0.6) is 0 Å². The molecule has 1 aliphatic rings. The average Bonchev–Trinajstić information content (AvgIpc) is 2.23. The molecule has 0 bridgehead atoms. The molecule has 5 nitrogen and oxygen atoms in total. The second-order valence-corrected chi connectivity index (χ2v) is 5.50. The van der Waals surface area contributed by atoms with E-state index in [2.05, 4.69) is 0 Å². The Balaban J connectivity index is 2.55. The second-order valence-electron chi connectivity index (χ2n) is 3.20. The topological polar surface area (TPSA) is 74.7 Å². The van der Waals surface area contributed by atoms with Crippen molar-refractivity contribution in [3.05, 3.63) is 12.3 Å². The predicted octanol–water partition coefficient (Wildman–Crippen LogP) is -0.295. The van der Waals surface area contributed by atoms with Crippen molar-refractivity contribution in [1.82, 2.24) is 4.90 Å². The molecule has 80 valence electrons. The summed E-state index contributed by atoms with van der Waals surface area (Å²) in [7, 11) is -2.91. The maximum Gasteiger partial charge on any atom is 0.329 e. The number of aliphatic carboxylic acids is 1. The van der Waals surface area contributed by atoms with Crippen LogP contribution in [0.1, 0.15) is 6.42 Å². The first-order valence-corrected chi connectivity index (χ1v) is 6.17. The molecule has 14 heavy (non-hydrogen) atoms. The van der Waals surface area contributed by atoms with Crippen LogP contribution in [-0.4, -0.2) is 49.0 Å². The number of sulfone groups is 1. The lowest BCUT2D eigenvalue weighted by molar-refractivity contribution is -0.131. The molecule has 0 saturated carbocycles. The Morgan fingerprint density at radius 2 is 2.00 bits per heavy atom. The molecule has 0 aromatic rings. The summed E-state index contributed by atoms with van der Waals surface area (Å²) >= 11 is 0. The standard InChI is InChI=1S/C8H13NO4S/c10-8(11)2-4-9-3-1-6-14(12,13)7-5-9/h2,4H,1,3,5-7H2,(H,10,11)/b4-2+. The molecular formula is C8H13NO4S. The van der Waals surface area contributed by atoms with Gasteiger partial charge in [0, 0.05) is 25.4 Å². The molecule has 0 radical (unpaired) electrons. The Kier molecular flexibility index (Phi) is 3.51. The number of rotatable bonds is 2. The molecule has 1 N–H and O–H groups in total. The number of hydrogen-bond donors (Lipinski definition) is 1. The highest BCUT2D eigenvalue weighted by atomic mass is 32.2. The molecule has 1 fully saturated rings. The summed E-state index contributed by atoms with van der Waals surface area (Å²) < 4.78 is 22.4. The number of carboxylic acids is 1. The van der Waals surface area contributed by atoms with Crippen molar-refractivity contribution >= 4 is 15.8 Å². The third-order valence-corrected chi connectivity index (χ3v) is 3.73. The molecule has 0 amide bonds. The summed E-state index contributed by atoms with van der Waals surface area (Å²) in [6, 6.07) is 0. The molecule has 1 aliphatic heterocycles. The lowest BCUT2D eigenvalue weighted by atomic mass is 10.4. The van der Waals surface area contributed by atoms with Gasteiger partial charge in [0.25, 0.3) is 0 Å². The van der Waals surface area contributed by atoms with E-state index >= 15 is 0 Å². The van der Waals surface area contributed by atoms with Crippen LogP contribution >= 0.6 is 0 Å². The Morgan fingerprint density at radius 1 is 1.29 bits per heavy atom. The fraction of sp³-hybridized carbons (Fsp3) is 0.625. The molecule has 1 saturated heterocycles. The van der Waals surface area contributed by atoms with Crippen LogP contribution in [0, 0.1) is 0 Å². The van der Waals surface area contributed by atoms with Crippen molar-refractivity contribution < 1.29 is 18.3 Å². The van der Waals surface area contributed by atoms with Gasteiger partial charge in [-0.2, -0.15) is 0 Å². The Bertz CT molecular complexity index is 333. The molecule has 1 rings (SSSR count). The van der Waals surface area contributed by atoms with Crippen molar-refractivity contribution in [3.8, 4) is 0 Å². The summed E-state index contributed by atoms with van der Waals surface area (Å²) in [6.45, 7) is 0.981. The van der Waals surface area contributed by atoms with E-state index < -0.39 is 15.8 Å². The Morgan fingerprint density at radius 3 is 2.64 bits per heavy atom. The van der Waals surface area contributed by atoms with Crippen LogP contribution in [0.2, 0.25) is 0 Å². The first kappa shape index (κ1) is 11.0. The van der Waals surface area contributed by atoms with Gasteiger partial charge in [-0.25, -0.2) is 13.2 Å². The molecule has 6 heteroatoms. The smallest absolute Gasteiger partial charge is 0.329 e. The third kappa shape index (κ3) is 3.78. The normalized spacial score (nSPS) is 22.1. The zero-order valence-corrected chi connectivity index (χ0v) is 8.53. The van der Waals surface area contributed by atoms with Gasteiger partial charge in [0.15, 0.2) is 9.84 Å². The van der Waals surface area contributed by atoms with Crippen molar-refractivity contribution in [2.45, 2.75) is 6.42 Å². The van der Waals surface area contributed by atoms with E-state index in [1.807, 2.05) is 0 Å². The molecule has 0 aromatic carbocycles. The van der Waals surface area contributed by atoms with Crippen LogP contribution in [0.25, 0.3) is 0 Å². The van der Waals surface area contributed by atoms with Crippen molar-refractivity contribution in [3.63, 3.8) is 0 Å². The van der Waals surface area contributed by atoms with Gasteiger partial charge in [0.2, 0.25) is 0 Å². The van der Waals surface area contributed by atoms with E-state index in [0.717, 1.165) is 6.08 Å². The summed E-state index contributed by atoms with van der Waals surface area (Å²) in [5.74, 6) is -0.710. The van der Waals surface area contributed by atoms with E-state index in [4.69, 9.17) is 5.11 Å². The number of carboxylic acid groups (broad SMARTS) is 1. The van der Waals surface area contributed by atoms with Crippen molar-refractivity contribution in [2.75, 3.05) is 24.6 Å². The molecule has 0 unspecified atom stereocenters. The Labute approximate surface area is 82.9 Å². The van der Waals surface area contributed by atoms with Crippen molar-refractivity contribution in [1.29, 1.82) is 0 Å². The largest absolute Gasteiger partial charge is 0.478 e. The predicted molar refractivity (Wildman–Crippen MR) is 51.6 cm³/mol. The summed E-state index contributed by atoms with van der Waals surface area (Å²) in [6.07, 6.45) is 3.02. The highest BCUT2D eigenvalue weighted by Gasteiger charge is 2.16. The quantitative estimate of drug-likeness (QED) is 0.646. The molecule has 1 heterocycles. The van der Waals surface area contributed by atoms with Gasteiger partial charge in [0.05, 0.1) is 11.5 Å². The van der Waals surface area contributed by atoms with Crippen molar-refractivity contribution in [2.24, 2.45) is 0 Å². The van der Waals surface area contributed by atoms with Gasteiger partial charge in [-0.1, -0.05) is 0 Å². The molecule has 0 atom stereocenters. The maximum atomic E-state index is 11.2. The first-order valence-electron chi connectivity index (χ1n) is 4.35. The highest BCUT2D eigenvalue weighted by Crippen LogP contribution is 2.04. The van der Waals surface area contributed by atoms with Crippen LogP contribution in [0.4, 0.5) is 0 Å². The zero-order chi connectivity index (χ0) is 10.6. The van der Waals surface area contributed by atoms with Gasteiger partial charge in [-0.3, -0.25) is 0 Å². The SMILES string of the molecule is O=C(O)/C=C/N1CCCS(=O)(=O)CC1. The summed E-state index contributed by atoms with van der Waals surface area (Å²) in [4.78, 5) is 11.9. The monoisotopic (exact) mass is 219 g/mol. The lowest BCUT2D eigenvalue weighted by Gasteiger charge is -2.15. The third-order valence-electron chi connectivity index (χ3n) is 2.02. The second kappa shape index (κ2) is 4.45. The Hall–Kier alpha value is -1.04. The molecule has 0 aromatic heterocycles. The van der Waals surface area contributed by atoms with Gasteiger partial charge in [-0.05, 0) is 6.42 Å². The number of nitrogens with zero attached hydrogens (tertiary/aromatic N) is 1. The highest BCUT2D eigenvalue weighted by molar-refractivity contribution is 7.91. The van der Waals surface area contributed by atoms with Crippen LogP contribution in [0.3, 0.4) is 0 Å². The van der Waals surface area contributed by atoms with Gasteiger partial charge in [0.1, 0.15) is 0 Å². The lowest BCUT2D eigenvalue weighted by Crippen LogP contribution is -2.21. The maximum absolute atomic E-state index is 11.2. The fourth-order valence-electron chi connectivity index (χ4n) is 1.28. The van der Waals surface area contributed by atoms with Crippen LogP contribution < -0.4 is 0 Å². The summed E-state index contributed by atoms with van der Waals surface area (Å²) in [5, 5.41) is 8.39. The molecular weight excluding hydrogens is 206 g/mol. The minimum atomic E-state index is -2.91. The number of hydrogen-bond acceptors (Lipinski definition) is 4.